The second-order valence-electron chi connectivity index (χ2n) is 4.81. The largest absolute Gasteiger partial charge is 0.504 e. The van der Waals surface area contributed by atoms with Gasteiger partial charge in [-0.15, -0.1) is 0 Å². The molecule has 0 unspecified atom stereocenters. The van der Waals surface area contributed by atoms with Gasteiger partial charge in [0, 0.05) is 23.7 Å². The molecule has 2 aromatic carbocycles. The standard InChI is InChI=1S/C17H21NO3/c1-12(14-8-4-5-9-15(14)20-2)18-11-13-7-6-10-16(21-3)17(13)19/h4-10,12,18-19H,11H2,1-3H3/t12-/m0/s1. The van der Waals surface area contributed by atoms with E-state index in [9.17, 15) is 5.11 Å². The van der Waals surface area contributed by atoms with Crippen molar-refractivity contribution in [3.8, 4) is 17.2 Å². The lowest BCUT2D eigenvalue weighted by molar-refractivity contribution is 0.368. The Morgan fingerprint density at radius 1 is 1.00 bits per heavy atom. The lowest BCUT2D eigenvalue weighted by atomic mass is 10.1. The van der Waals surface area contributed by atoms with Crippen LogP contribution in [0.5, 0.6) is 17.2 Å². The molecule has 2 rings (SSSR count). The van der Waals surface area contributed by atoms with Gasteiger partial charge in [0.1, 0.15) is 5.75 Å². The summed E-state index contributed by atoms with van der Waals surface area (Å²) in [6.07, 6.45) is 0. The summed E-state index contributed by atoms with van der Waals surface area (Å²) >= 11 is 0. The summed E-state index contributed by atoms with van der Waals surface area (Å²) < 4.78 is 10.5. The molecule has 0 radical (unpaired) electrons. The van der Waals surface area contributed by atoms with Crippen LogP contribution < -0.4 is 14.8 Å². The van der Waals surface area contributed by atoms with Crippen molar-refractivity contribution in [3.63, 3.8) is 0 Å². The van der Waals surface area contributed by atoms with Gasteiger partial charge in [0.25, 0.3) is 0 Å². The molecule has 4 nitrogen and oxygen atoms in total. The van der Waals surface area contributed by atoms with Gasteiger partial charge in [0.05, 0.1) is 14.2 Å². The van der Waals surface area contributed by atoms with E-state index < -0.39 is 0 Å². The summed E-state index contributed by atoms with van der Waals surface area (Å²) in [7, 11) is 3.21. The van der Waals surface area contributed by atoms with Crippen molar-refractivity contribution >= 4 is 0 Å². The lowest BCUT2D eigenvalue weighted by Crippen LogP contribution is -2.18. The van der Waals surface area contributed by atoms with Gasteiger partial charge in [-0.2, -0.15) is 0 Å². The van der Waals surface area contributed by atoms with E-state index in [1.165, 1.54) is 0 Å². The van der Waals surface area contributed by atoms with Crippen LogP contribution in [0, 0.1) is 0 Å². The van der Waals surface area contributed by atoms with Crippen molar-refractivity contribution in [3.05, 3.63) is 53.6 Å². The van der Waals surface area contributed by atoms with Crippen LogP contribution in [0.4, 0.5) is 0 Å². The minimum Gasteiger partial charge on any atom is -0.504 e. The van der Waals surface area contributed by atoms with E-state index in [4.69, 9.17) is 9.47 Å². The molecule has 0 spiro atoms. The van der Waals surface area contributed by atoms with E-state index in [0.29, 0.717) is 12.3 Å². The van der Waals surface area contributed by atoms with Crippen LogP contribution in [0.15, 0.2) is 42.5 Å². The van der Waals surface area contributed by atoms with Crippen LogP contribution in [0.1, 0.15) is 24.1 Å². The Morgan fingerprint density at radius 3 is 2.38 bits per heavy atom. The summed E-state index contributed by atoms with van der Waals surface area (Å²) in [4.78, 5) is 0. The van der Waals surface area contributed by atoms with Crippen LogP contribution in [-0.4, -0.2) is 19.3 Å². The number of rotatable bonds is 6. The fraction of sp³-hybridized carbons (Fsp3) is 0.294. The van der Waals surface area contributed by atoms with Crippen LogP contribution in [0.25, 0.3) is 0 Å². The summed E-state index contributed by atoms with van der Waals surface area (Å²) in [6, 6.07) is 13.5. The molecule has 2 N–H and O–H groups in total. The zero-order valence-electron chi connectivity index (χ0n) is 12.6. The van der Waals surface area contributed by atoms with Gasteiger partial charge in [0.2, 0.25) is 0 Å². The predicted molar refractivity (Wildman–Crippen MR) is 82.9 cm³/mol. The second kappa shape index (κ2) is 6.99. The van der Waals surface area contributed by atoms with E-state index >= 15 is 0 Å². The van der Waals surface area contributed by atoms with Gasteiger partial charge in [-0.3, -0.25) is 0 Å². The molecule has 2 aromatic rings. The fourth-order valence-corrected chi connectivity index (χ4v) is 2.27. The maximum atomic E-state index is 10.1. The van der Waals surface area contributed by atoms with Crippen LogP contribution in [-0.2, 0) is 6.54 Å². The van der Waals surface area contributed by atoms with Crippen molar-refractivity contribution < 1.29 is 14.6 Å². The first kappa shape index (κ1) is 15.2. The maximum Gasteiger partial charge on any atom is 0.162 e. The highest BCUT2D eigenvalue weighted by Crippen LogP contribution is 2.30. The second-order valence-corrected chi connectivity index (χ2v) is 4.81. The highest BCUT2D eigenvalue weighted by Gasteiger charge is 2.12. The predicted octanol–water partition coefficient (Wildman–Crippen LogP) is 3.26. The molecule has 0 aliphatic carbocycles. The third kappa shape index (κ3) is 3.47. The minimum absolute atomic E-state index is 0.103. The smallest absolute Gasteiger partial charge is 0.162 e. The maximum absolute atomic E-state index is 10.1. The van der Waals surface area contributed by atoms with Gasteiger partial charge in [-0.1, -0.05) is 30.3 Å². The number of benzene rings is 2. The zero-order valence-corrected chi connectivity index (χ0v) is 12.6. The molecule has 0 aliphatic heterocycles. The Balaban J connectivity index is 2.09. The number of hydrogen-bond donors (Lipinski definition) is 2. The number of ether oxygens (including phenoxy) is 2. The van der Waals surface area contributed by atoms with E-state index in [1.807, 2.05) is 36.4 Å². The number of hydrogen-bond acceptors (Lipinski definition) is 4. The highest BCUT2D eigenvalue weighted by atomic mass is 16.5. The van der Waals surface area contributed by atoms with Crippen molar-refractivity contribution in [1.29, 1.82) is 0 Å². The molecule has 0 amide bonds. The van der Waals surface area contributed by atoms with Crippen LogP contribution in [0.2, 0.25) is 0 Å². The lowest BCUT2D eigenvalue weighted by Gasteiger charge is -2.18. The minimum atomic E-state index is 0.103. The molecule has 0 saturated carbocycles. The van der Waals surface area contributed by atoms with Gasteiger partial charge in [0.15, 0.2) is 11.5 Å². The molecule has 0 aromatic heterocycles. The Morgan fingerprint density at radius 2 is 1.67 bits per heavy atom. The molecule has 0 bridgehead atoms. The number of methoxy groups -OCH3 is 2. The molecule has 0 heterocycles. The normalized spacial score (nSPS) is 12.0. The van der Waals surface area contributed by atoms with Crippen molar-refractivity contribution in [2.45, 2.75) is 19.5 Å². The van der Waals surface area contributed by atoms with E-state index in [-0.39, 0.29) is 11.8 Å². The van der Waals surface area contributed by atoms with Gasteiger partial charge >= 0.3 is 0 Å². The van der Waals surface area contributed by atoms with Crippen molar-refractivity contribution in [2.75, 3.05) is 14.2 Å². The monoisotopic (exact) mass is 287 g/mol. The first-order valence-corrected chi connectivity index (χ1v) is 6.88. The van der Waals surface area contributed by atoms with E-state index in [0.717, 1.165) is 16.9 Å². The molecule has 4 heteroatoms. The summed E-state index contributed by atoms with van der Waals surface area (Å²) in [5.41, 5.74) is 1.89. The molecule has 21 heavy (non-hydrogen) atoms. The Kier molecular flexibility index (Phi) is 5.06. The van der Waals surface area contributed by atoms with Gasteiger partial charge in [-0.25, -0.2) is 0 Å². The summed E-state index contributed by atoms with van der Waals surface area (Å²) in [5.74, 6) is 1.52. The molecule has 1 atom stereocenters. The van der Waals surface area contributed by atoms with E-state index in [2.05, 4.69) is 12.2 Å². The average Bonchev–Trinajstić information content (AvgIpc) is 2.53. The van der Waals surface area contributed by atoms with E-state index in [1.54, 1.807) is 20.3 Å². The number of nitrogens with one attached hydrogen (secondary N) is 1. The molecule has 112 valence electrons. The third-order valence-electron chi connectivity index (χ3n) is 3.51. The first-order valence-electron chi connectivity index (χ1n) is 6.88. The quantitative estimate of drug-likeness (QED) is 0.856. The summed E-state index contributed by atoms with van der Waals surface area (Å²) in [6.45, 7) is 2.61. The number of aromatic hydroxyl groups is 1. The zero-order chi connectivity index (χ0) is 15.2. The third-order valence-corrected chi connectivity index (χ3v) is 3.51. The van der Waals surface area contributed by atoms with Crippen LogP contribution >= 0.6 is 0 Å². The average molecular weight is 287 g/mol. The first-order chi connectivity index (χ1) is 10.2. The molecule has 0 aliphatic rings. The van der Waals surface area contributed by atoms with Gasteiger partial charge in [-0.05, 0) is 19.1 Å². The summed E-state index contributed by atoms with van der Waals surface area (Å²) in [5, 5.41) is 13.5. The number of phenolic OH excluding ortho intramolecular Hbond substituents is 1. The highest BCUT2D eigenvalue weighted by molar-refractivity contribution is 5.45. The Bertz CT molecular complexity index is 598. The SMILES string of the molecule is COc1ccccc1[C@H](C)NCc1cccc(OC)c1O. The van der Waals surface area contributed by atoms with Crippen molar-refractivity contribution in [2.24, 2.45) is 0 Å². The molecular formula is C17H21NO3. The van der Waals surface area contributed by atoms with Gasteiger partial charge < -0.3 is 19.9 Å². The molecular weight excluding hydrogens is 266 g/mol. The topological polar surface area (TPSA) is 50.7 Å². The number of phenols is 1. The van der Waals surface area contributed by atoms with Crippen molar-refractivity contribution in [1.82, 2.24) is 5.32 Å². The Labute approximate surface area is 125 Å². The fourth-order valence-electron chi connectivity index (χ4n) is 2.27. The number of para-hydroxylation sites is 2. The molecule has 0 fully saturated rings. The molecule has 0 saturated heterocycles. The van der Waals surface area contributed by atoms with Crippen LogP contribution in [0.3, 0.4) is 0 Å². The Hall–Kier alpha value is -2.20.